The molecule has 0 bridgehead atoms. The summed E-state index contributed by atoms with van der Waals surface area (Å²) in [6, 6.07) is 12.6. The van der Waals surface area contributed by atoms with Crippen LogP contribution < -0.4 is 4.74 Å². The van der Waals surface area contributed by atoms with E-state index in [1.807, 2.05) is 32.0 Å². The van der Waals surface area contributed by atoms with E-state index in [0.29, 0.717) is 15.7 Å². The Bertz CT molecular complexity index is 826. The fourth-order valence-corrected chi connectivity index (χ4v) is 5.26. The van der Waals surface area contributed by atoms with Crippen LogP contribution in [0.2, 0.25) is 5.02 Å². The predicted octanol–water partition coefficient (Wildman–Crippen LogP) is 4.68. The van der Waals surface area contributed by atoms with Gasteiger partial charge in [-0.25, -0.2) is 8.42 Å². The van der Waals surface area contributed by atoms with E-state index in [1.165, 1.54) is 0 Å². The summed E-state index contributed by atoms with van der Waals surface area (Å²) >= 11 is 7.63. The minimum atomic E-state index is -3.32. The van der Waals surface area contributed by atoms with Crippen LogP contribution in [0.5, 0.6) is 5.75 Å². The summed E-state index contributed by atoms with van der Waals surface area (Å²) in [4.78, 5) is 0.318. The molecule has 6 heteroatoms. The van der Waals surface area contributed by atoms with Crippen molar-refractivity contribution in [3.63, 3.8) is 0 Å². The van der Waals surface area contributed by atoms with E-state index in [2.05, 4.69) is 0 Å². The molecule has 1 saturated heterocycles. The summed E-state index contributed by atoms with van der Waals surface area (Å²) in [6.45, 7) is 3.84. The van der Waals surface area contributed by atoms with Gasteiger partial charge in [-0.15, -0.1) is 0 Å². The van der Waals surface area contributed by atoms with Crippen molar-refractivity contribution >= 4 is 33.2 Å². The lowest BCUT2D eigenvalue weighted by Crippen LogP contribution is -2.12. The monoisotopic (exact) mass is 382 g/mol. The molecular weight excluding hydrogens is 364 g/mol. The second-order valence-electron chi connectivity index (χ2n) is 6.10. The van der Waals surface area contributed by atoms with Gasteiger partial charge in [0.05, 0.1) is 16.8 Å². The van der Waals surface area contributed by atoms with Crippen LogP contribution in [0.4, 0.5) is 0 Å². The first kappa shape index (κ1) is 17.6. The van der Waals surface area contributed by atoms with Gasteiger partial charge in [0.25, 0.3) is 0 Å². The Morgan fingerprint density at radius 1 is 1.17 bits per heavy atom. The van der Waals surface area contributed by atoms with Crippen LogP contribution in [0, 0.1) is 0 Å². The Balaban J connectivity index is 2.04. The van der Waals surface area contributed by atoms with Crippen molar-refractivity contribution in [1.82, 2.24) is 0 Å². The summed E-state index contributed by atoms with van der Waals surface area (Å²) in [7, 11) is -3.32. The molecule has 3 nitrogen and oxygen atoms in total. The molecule has 3 rings (SSSR count). The zero-order valence-corrected chi connectivity index (χ0v) is 15.9. The van der Waals surface area contributed by atoms with Crippen LogP contribution in [0.15, 0.2) is 47.4 Å². The highest BCUT2D eigenvalue weighted by Gasteiger charge is 2.30. The van der Waals surface area contributed by atoms with Crippen molar-refractivity contribution in [2.45, 2.75) is 30.1 Å². The standard InChI is InChI=1S/C18H19ClO3S2/c1-12(2)22-16-7-14(13-3-5-15(19)6-4-13)8-18(9-16)24(20,21)11-17-10-23-17/h3-9,12,17H,10-11H2,1-2H3. The van der Waals surface area contributed by atoms with E-state index in [-0.39, 0.29) is 17.1 Å². The van der Waals surface area contributed by atoms with Crippen molar-refractivity contribution < 1.29 is 13.2 Å². The van der Waals surface area contributed by atoms with E-state index in [4.69, 9.17) is 16.3 Å². The van der Waals surface area contributed by atoms with Crippen LogP contribution >= 0.6 is 23.4 Å². The molecular formula is C18H19ClO3S2. The number of ether oxygens (including phenoxy) is 1. The Hall–Kier alpha value is -1.17. The van der Waals surface area contributed by atoms with E-state index in [9.17, 15) is 8.42 Å². The number of benzene rings is 2. The molecule has 1 fully saturated rings. The third-order valence-corrected chi connectivity index (χ3v) is 6.83. The molecule has 1 atom stereocenters. The zero-order chi connectivity index (χ0) is 17.3. The maximum Gasteiger partial charge on any atom is 0.179 e. The Morgan fingerprint density at radius 3 is 2.42 bits per heavy atom. The number of sulfone groups is 1. The van der Waals surface area contributed by atoms with Gasteiger partial charge in [-0.05, 0) is 55.3 Å². The summed E-state index contributed by atoms with van der Waals surface area (Å²) in [5, 5.41) is 0.871. The molecule has 0 N–H and O–H groups in total. The lowest BCUT2D eigenvalue weighted by Gasteiger charge is -2.14. The molecule has 128 valence electrons. The highest BCUT2D eigenvalue weighted by atomic mass is 35.5. The van der Waals surface area contributed by atoms with Crippen LogP contribution in [0.1, 0.15) is 13.8 Å². The highest BCUT2D eigenvalue weighted by Crippen LogP contribution is 2.35. The smallest absolute Gasteiger partial charge is 0.179 e. The van der Waals surface area contributed by atoms with Gasteiger partial charge in [0.15, 0.2) is 9.84 Å². The fourth-order valence-electron chi connectivity index (χ4n) is 2.41. The topological polar surface area (TPSA) is 43.4 Å². The molecule has 1 unspecified atom stereocenters. The Labute approximate surface area is 152 Å². The highest BCUT2D eigenvalue weighted by molar-refractivity contribution is 8.08. The van der Waals surface area contributed by atoms with Crippen molar-refractivity contribution in [2.24, 2.45) is 0 Å². The predicted molar refractivity (Wildman–Crippen MR) is 101 cm³/mol. The van der Waals surface area contributed by atoms with Gasteiger partial charge < -0.3 is 4.74 Å². The van der Waals surface area contributed by atoms with E-state index >= 15 is 0 Å². The first-order chi connectivity index (χ1) is 11.3. The van der Waals surface area contributed by atoms with Crippen LogP contribution in [-0.4, -0.2) is 31.3 Å². The third-order valence-electron chi connectivity index (χ3n) is 3.60. The molecule has 0 radical (unpaired) electrons. The number of rotatable bonds is 6. The van der Waals surface area contributed by atoms with Crippen LogP contribution in [0.25, 0.3) is 11.1 Å². The van der Waals surface area contributed by atoms with Crippen molar-refractivity contribution in [3.05, 3.63) is 47.5 Å². The van der Waals surface area contributed by atoms with Gasteiger partial charge in [-0.3, -0.25) is 0 Å². The van der Waals surface area contributed by atoms with Gasteiger partial charge in [-0.1, -0.05) is 23.7 Å². The Kier molecular flexibility index (Phi) is 5.13. The molecule has 0 amide bonds. The lowest BCUT2D eigenvalue weighted by atomic mass is 10.1. The molecule has 1 aliphatic rings. The van der Waals surface area contributed by atoms with Gasteiger partial charge in [-0.2, -0.15) is 11.8 Å². The molecule has 1 aliphatic heterocycles. The minimum Gasteiger partial charge on any atom is -0.491 e. The van der Waals surface area contributed by atoms with Crippen LogP contribution in [0.3, 0.4) is 0 Å². The molecule has 24 heavy (non-hydrogen) atoms. The van der Waals surface area contributed by atoms with E-state index in [1.54, 1.807) is 36.0 Å². The SMILES string of the molecule is CC(C)Oc1cc(-c2ccc(Cl)cc2)cc(S(=O)(=O)CC2CS2)c1. The molecule has 2 aromatic carbocycles. The largest absolute Gasteiger partial charge is 0.491 e. The van der Waals surface area contributed by atoms with Crippen molar-refractivity contribution in [3.8, 4) is 16.9 Å². The second kappa shape index (κ2) is 6.98. The van der Waals surface area contributed by atoms with Crippen molar-refractivity contribution in [1.29, 1.82) is 0 Å². The fraction of sp³-hybridized carbons (Fsp3) is 0.333. The summed E-state index contributed by atoms with van der Waals surface area (Å²) < 4.78 is 31.1. The van der Waals surface area contributed by atoms with Gasteiger partial charge in [0.1, 0.15) is 5.75 Å². The molecule has 0 aromatic heterocycles. The number of hydrogen-bond donors (Lipinski definition) is 0. The first-order valence-corrected chi connectivity index (χ1v) is 10.8. The quantitative estimate of drug-likeness (QED) is 0.680. The molecule has 1 heterocycles. The molecule has 0 aliphatic carbocycles. The van der Waals surface area contributed by atoms with Gasteiger partial charge in [0, 0.05) is 16.0 Å². The zero-order valence-electron chi connectivity index (χ0n) is 13.5. The number of halogens is 1. The van der Waals surface area contributed by atoms with Gasteiger partial charge >= 0.3 is 0 Å². The second-order valence-corrected chi connectivity index (χ2v) is 9.91. The molecule has 2 aromatic rings. The van der Waals surface area contributed by atoms with E-state index in [0.717, 1.165) is 16.9 Å². The van der Waals surface area contributed by atoms with Crippen molar-refractivity contribution in [2.75, 3.05) is 11.5 Å². The van der Waals surface area contributed by atoms with Crippen LogP contribution in [-0.2, 0) is 9.84 Å². The average molecular weight is 383 g/mol. The maximum atomic E-state index is 12.7. The lowest BCUT2D eigenvalue weighted by molar-refractivity contribution is 0.242. The minimum absolute atomic E-state index is 0.0278. The van der Waals surface area contributed by atoms with Gasteiger partial charge in [0.2, 0.25) is 0 Å². The first-order valence-electron chi connectivity index (χ1n) is 7.75. The molecule has 0 spiro atoms. The Morgan fingerprint density at radius 2 is 1.83 bits per heavy atom. The van der Waals surface area contributed by atoms with E-state index < -0.39 is 9.84 Å². The summed E-state index contributed by atoms with van der Waals surface area (Å²) in [6.07, 6.45) is -0.0278. The molecule has 0 saturated carbocycles. The summed E-state index contributed by atoms with van der Waals surface area (Å²) in [5.41, 5.74) is 1.72. The third kappa shape index (κ3) is 4.47. The average Bonchev–Trinajstić information content (AvgIpc) is 3.30. The number of thioether (sulfide) groups is 1. The normalized spacial score (nSPS) is 17.1. The maximum absolute atomic E-state index is 12.7. The number of hydrogen-bond acceptors (Lipinski definition) is 4. The summed E-state index contributed by atoms with van der Waals surface area (Å²) in [5.74, 6) is 1.67.